The fourth-order valence-corrected chi connectivity index (χ4v) is 3.00. The van der Waals surface area contributed by atoms with E-state index in [0.717, 1.165) is 23.3 Å². The van der Waals surface area contributed by atoms with Crippen LogP contribution in [-0.4, -0.2) is 5.11 Å². The maximum absolute atomic E-state index is 13.9. The minimum absolute atomic E-state index is 0.0363. The van der Waals surface area contributed by atoms with Gasteiger partial charge in [0.2, 0.25) is 0 Å². The molecule has 0 amide bonds. The highest BCUT2D eigenvalue weighted by atomic mass is 19.1. The third-order valence-corrected chi connectivity index (χ3v) is 4.13. The largest absolute Gasteiger partial charge is 0.387 e. The van der Waals surface area contributed by atoms with Crippen LogP contribution in [-0.2, 0) is 12.8 Å². The van der Waals surface area contributed by atoms with Crippen molar-refractivity contribution in [3.63, 3.8) is 0 Å². The van der Waals surface area contributed by atoms with Crippen molar-refractivity contribution in [2.45, 2.75) is 18.9 Å². The van der Waals surface area contributed by atoms with Gasteiger partial charge in [0.25, 0.3) is 0 Å². The van der Waals surface area contributed by atoms with Gasteiger partial charge in [-0.3, -0.25) is 0 Å². The summed E-state index contributed by atoms with van der Waals surface area (Å²) in [6.45, 7) is 0. The lowest BCUT2D eigenvalue weighted by Crippen LogP contribution is -2.29. The first-order valence-electron chi connectivity index (χ1n) is 6.67. The lowest BCUT2D eigenvalue weighted by Gasteiger charge is -2.27. The standard InChI is InChI=1S/C17H13F2NO/c18-13-5-6-14(15(19)7-13)16(21)17(10-20)8-11-3-1-2-4-12(11)9-17/h1-7,16,21H,8-9H2. The van der Waals surface area contributed by atoms with Crippen LogP contribution in [0.2, 0.25) is 0 Å². The van der Waals surface area contributed by atoms with Crippen LogP contribution >= 0.6 is 0 Å². The second-order valence-electron chi connectivity index (χ2n) is 5.46. The molecule has 106 valence electrons. The fourth-order valence-electron chi connectivity index (χ4n) is 3.00. The van der Waals surface area contributed by atoms with Crippen molar-refractivity contribution >= 4 is 0 Å². The number of aliphatic hydroxyl groups excluding tert-OH is 1. The highest BCUT2D eigenvalue weighted by molar-refractivity contribution is 5.40. The van der Waals surface area contributed by atoms with E-state index in [1.807, 2.05) is 24.3 Å². The van der Waals surface area contributed by atoms with Gasteiger partial charge >= 0.3 is 0 Å². The van der Waals surface area contributed by atoms with Crippen molar-refractivity contribution in [1.82, 2.24) is 0 Å². The second-order valence-corrected chi connectivity index (χ2v) is 5.46. The highest BCUT2D eigenvalue weighted by Gasteiger charge is 2.45. The number of fused-ring (bicyclic) bond motifs is 1. The van der Waals surface area contributed by atoms with Gasteiger partial charge in [-0.05, 0) is 30.0 Å². The topological polar surface area (TPSA) is 44.0 Å². The molecule has 0 aromatic heterocycles. The van der Waals surface area contributed by atoms with Crippen LogP contribution in [0.25, 0.3) is 0 Å². The average molecular weight is 285 g/mol. The number of rotatable bonds is 2. The Morgan fingerprint density at radius 3 is 2.24 bits per heavy atom. The third kappa shape index (κ3) is 2.20. The van der Waals surface area contributed by atoms with Gasteiger partial charge in [0.05, 0.1) is 11.5 Å². The van der Waals surface area contributed by atoms with E-state index < -0.39 is 23.2 Å². The van der Waals surface area contributed by atoms with Crippen LogP contribution in [0.4, 0.5) is 8.78 Å². The molecule has 1 atom stereocenters. The second kappa shape index (κ2) is 4.94. The minimum atomic E-state index is -1.30. The Kier molecular flexibility index (Phi) is 3.23. The predicted octanol–water partition coefficient (Wildman–Crippen LogP) is 3.31. The Bertz CT molecular complexity index is 711. The molecule has 3 rings (SSSR count). The van der Waals surface area contributed by atoms with E-state index in [1.165, 1.54) is 6.07 Å². The van der Waals surface area contributed by atoms with Crippen LogP contribution < -0.4 is 0 Å². The Morgan fingerprint density at radius 1 is 1.10 bits per heavy atom. The molecule has 21 heavy (non-hydrogen) atoms. The SMILES string of the molecule is N#CC1(C(O)c2ccc(F)cc2F)Cc2ccccc2C1. The van der Waals surface area contributed by atoms with Gasteiger partial charge < -0.3 is 5.11 Å². The summed E-state index contributed by atoms with van der Waals surface area (Å²) in [5.74, 6) is -1.53. The zero-order valence-electron chi connectivity index (χ0n) is 11.2. The Morgan fingerprint density at radius 2 is 1.71 bits per heavy atom. The molecule has 0 saturated carbocycles. The van der Waals surface area contributed by atoms with E-state index in [-0.39, 0.29) is 5.56 Å². The Labute approximate surface area is 121 Å². The predicted molar refractivity (Wildman–Crippen MR) is 73.2 cm³/mol. The molecule has 2 aromatic rings. The van der Waals surface area contributed by atoms with E-state index in [2.05, 4.69) is 6.07 Å². The monoisotopic (exact) mass is 285 g/mol. The summed E-state index contributed by atoms with van der Waals surface area (Å²) in [5.41, 5.74) is 0.828. The number of aliphatic hydroxyl groups is 1. The molecular formula is C17H13F2NO. The first kappa shape index (κ1) is 13.7. The minimum Gasteiger partial charge on any atom is -0.387 e. The van der Waals surface area contributed by atoms with Crippen molar-refractivity contribution in [2.24, 2.45) is 5.41 Å². The fraction of sp³-hybridized carbons (Fsp3) is 0.235. The van der Waals surface area contributed by atoms with E-state index in [4.69, 9.17) is 0 Å². The smallest absolute Gasteiger partial charge is 0.131 e. The summed E-state index contributed by atoms with van der Waals surface area (Å²) in [4.78, 5) is 0. The van der Waals surface area contributed by atoms with Gasteiger partial charge in [-0.15, -0.1) is 0 Å². The van der Waals surface area contributed by atoms with Crippen molar-refractivity contribution in [2.75, 3.05) is 0 Å². The van der Waals surface area contributed by atoms with Gasteiger partial charge in [-0.2, -0.15) is 5.26 Å². The molecule has 4 heteroatoms. The lowest BCUT2D eigenvalue weighted by atomic mass is 9.77. The number of halogens is 2. The van der Waals surface area contributed by atoms with Crippen molar-refractivity contribution in [3.05, 3.63) is 70.8 Å². The molecule has 0 saturated heterocycles. The summed E-state index contributed by atoms with van der Waals surface area (Å²) in [6.07, 6.45) is -0.578. The van der Waals surface area contributed by atoms with E-state index >= 15 is 0 Å². The van der Waals surface area contributed by atoms with E-state index in [0.29, 0.717) is 12.8 Å². The van der Waals surface area contributed by atoms with Gasteiger partial charge in [0.15, 0.2) is 0 Å². The van der Waals surface area contributed by atoms with Gasteiger partial charge in [-0.25, -0.2) is 8.78 Å². The van der Waals surface area contributed by atoms with Crippen molar-refractivity contribution < 1.29 is 13.9 Å². The summed E-state index contributed by atoms with van der Waals surface area (Å²) in [7, 11) is 0. The molecule has 1 N–H and O–H groups in total. The summed E-state index contributed by atoms with van der Waals surface area (Å²) in [6, 6.07) is 12.7. The van der Waals surface area contributed by atoms with Gasteiger partial charge in [-0.1, -0.05) is 30.3 Å². The summed E-state index contributed by atoms with van der Waals surface area (Å²) in [5, 5.41) is 20.1. The van der Waals surface area contributed by atoms with Crippen LogP contribution in [0.15, 0.2) is 42.5 Å². The van der Waals surface area contributed by atoms with Crippen LogP contribution in [0.3, 0.4) is 0 Å². The number of hydrogen-bond acceptors (Lipinski definition) is 2. The molecule has 2 aromatic carbocycles. The maximum atomic E-state index is 13.9. The molecule has 0 spiro atoms. The molecule has 0 aliphatic heterocycles. The molecular weight excluding hydrogens is 272 g/mol. The van der Waals surface area contributed by atoms with E-state index in [1.54, 1.807) is 0 Å². The number of nitrogens with zero attached hydrogens (tertiary/aromatic N) is 1. The zero-order valence-corrected chi connectivity index (χ0v) is 11.2. The van der Waals surface area contributed by atoms with Crippen LogP contribution in [0, 0.1) is 28.4 Å². The van der Waals surface area contributed by atoms with Crippen molar-refractivity contribution in [3.8, 4) is 6.07 Å². The molecule has 0 radical (unpaired) electrons. The molecule has 2 nitrogen and oxygen atoms in total. The summed E-state index contributed by atoms with van der Waals surface area (Å²) >= 11 is 0. The lowest BCUT2D eigenvalue weighted by molar-refractivity contribution is 0.0660. The third-order valence-electron chi connectivity index (χ3n) is 4.13. The van der Waals surface area contributed by atoms with Crippen LogP contribution in [0.1, 0.15) is 22.8 Å². The van der Waals surface area contributed by atoms with Gasteiger partial charge in [0.1, 0.15) is 17.7 Å². The molecule has 0 fully saturated rings. The Hall–Kier alpha value is -2.25. The Balaban J connectivity index is 2.00. The number of benzene rings is 2. The number of hydrogen-bond donors (Lipinski definition) is 1. The molecule has 0 bridgehead atoms. The molecule has 1 aliphatic carbocycles. The van der Waals surface area contributed by atoms with Gasteiger partial charge in [0, 0.05) is 11.6 Å². The molecule has 1 unspecified atom stereocenters. The maximum Gasteiger partial charge on any atom is 0.131 e. The average Bonchev–Trinajstić information content (AvgIpc) is 2.86. The summed E-state index contributed by atoms with van der Waals surface area (Å²) < 4.78 is 26.9. The highest BCUT2D eigenvalue weighted by Crippen LogP contribution is 2.45. The van der Waals surface area contributed by atoms with Crippen molar-refractivity contribution in [1.29, 1.82) is 5.26 Å². The first-order chi connectivity index (χ1) is 10.1. The molecule has 1 aliphatic rings. The molecule has 0 heterocycles. The normalized spacial score (nSPS) is 17.0. The first-order valence-corrected chi connectivity index (χ1v) is 6.67. The van der Waals surface area contributed by atoms with Crippen LogP contribution in [0.5, 0.6) is 0 Å². The zero-order chi connectivity index (χ0) is 15.0. The van der Waals surface area contributed by atoms with E-state index in [9.17, 15) is 19.1 Å². The number of nitriles is 1. The quantitative estimate of drug-likeness (QED) is 0.920.